The smallest absolute Gasteiger partial charge is 0.337 e. The van der Waals surface area contributed by atoms with Crippen molar-refractivity contribution in [3.05, 3.63) is 64.4 Å². The first-order valence-electron chi connectivity index (χ1n) is 6.75. The van der Waals surface area contributed by atoms with Crippen molar-refractivity contribution in [2.45, 2.75) is 6.92 Å². The predicted molar refractivity (Wildman–Crippen MR) is 111 cm³/mol. The maximum absolute atomic E-state index is 11.2. The second kappa shape index (κ2) is 8.16. The number of carbonyl (C=O) groups is 2. The fourth-order valence-corrected chi connectivity index (χ4v) is 5.31. The van der Waals surface area contributed by atoms with E-state index in [0.717, 1.165) is 16.7 Å². The third kappa shape index (κ3) is 4.61. The van der Waals surface area contributed by atoms with E-state index >= 15 is 0 Å². The maximum Gasteiger partial charge on any atom is 0.337 e. The molecule has 2 aromatic rings. The van der Waals surface area contributed by atoms with Gasteiger partial charge in [-0.3, -0.25) is 0 Å². The van der Waals surface area contributed by atoms with Gasteiger partial charge >= 0.3 is 11.9 Å². The van der Waals surface area contributed by atoms with E-state index in [2.05, 4.69) is 63.7 Å². The Morgan fingerprint density at radius 3 is 1.52 bits per heavy atom. The van der Waals surface area contributed by atoms with Crippen molar-refractivity contribution in [1.82, 2.24) is 0 Å². The van der Waals surface area contributed by atoms with Crippen molar-refractivity contribution in [3.8, 4) is 0 Å². The van der Waals surface area contributed by atoms with Crippen LogP contribution in [0.5, 0.6) is 0 Å². The van der Waals surface area contributed by atoms with Crippen LogP contribution in [0.4, 0.5) is 0 Å². The zero-order chi connectivity index (χ0) is 18.9. The topological polar surface area (TPSA) is 74.6 Å². The molecule has 0 aliphatic rings. The van der Waals surface area contributed by atoms with Crippen molar-refractivity contribution < 1.29 is 19.8 Å². The molecule has 2 N–H and O–H groups in total. The van der Waals surface area contributed by atoms with Crippen LogP contribution in [-0.4, -0.2) is 22.2 Å². The molecule has 0 fully saturated rings. The Balaban J connectivity index is 2.50. The molecule has 0 saturated heterocycles. The number of allylic oxidation sites excluding steroid dienone is 1. The van der Waals surface area contributed by atoms with E-state index in [1.54, 1.807) is 24.3 Å². The van der Waals surface area contributed by atoms with Crippen LogP contribution in [0.2, 0.25) is 0 Å². The third-order valence-electron chi connectivity index (χ3n) is 3.37. The summed E-state index contributed by atoms with van der Waals surface area (Å²) in [4.78, 5) is 22.5. The average molecular weight is 598 g/mol. The Bertz CT molecular complexity index is 873. The van der Waals surface area contributed by atoms with E-state index in [1.807, 2.05) is 13.0 Å². The molecular formula is C17H10Br4O4. The number of hydrogen-bond acceptors (Lipinski definition) is 2. The van der Waals surface area contributed by atoms with Crippen molar-refractivity contribution in [2.75, 3.05) is 0 Å². The zero-order valence-electron chi connectivity index (χ0n) is 12.6. The monoisotopic (exact) mass is 594 g/mol. The first-order valence-corrected chi connectivity index (χ1v) is 9.92. The number of aromatic carboxylic acids is 2. The SMILES string of the molecule is CC(=Cc1cc(Br)c(C(=O)O)c(Br)c1)c1cc(Br)c(C(=O)O)c(Br)c1. The van der Waals surface area contributed by atoms with Crippen molar-refractivity contribution in [3.63, 3.8) is 0 Å². The first-order chi connectivity index (χ1) is 11.6. The van der Waals surface area contributed by atoms with E-state index in [1.165, 1.54) is 0 Å². The largest absolute Gasteiger partial charge is 0.478 e. The summed E-state index contributed by atoms with van der Waals surface area (Å²) in [5, 5.41) is 18.4. The standard InChI is InChI=1S/C17H10Br4O4/c1-7(9-5-12(20)15(17(24)25)13(21)6-9)2-8-3-10(18)14(16(22)23)11(19)4-8/h2-6H,1H3,(H,22,23)(H,24,25). The summed E-state index contributed by atoms with van der Waals surface area (Å²) in [6.07, 6.45) is 1.88. The van der Waals surface area contributed by atoms with Gasteiger partial charge in [0.2, 0.25) is 0 Å². The van der Waals surface area contributed by atoms with Crippen molar-refractivity contribution >= 4 is 87.3 Å². The van der Waals surface area contributed by atoms with Gasteiger partial charge in [-0.15, -0.1) is 0 Å². The minimum Gasteiger partial charge on any atom is -0.478 e. The highest BCUT2D eigenvalue weighted by atomic mass is 79.9. The van der Waals surface area contributed by atoms with Gasteiger partial charge in [-0.2, -0.15) is 0 Å². The van der Waals surface area contributed by atoms with Gasteiger partial charge in [-0.25, -0.2) is 9.59 Å². The Labute approximate surface area is 177 Å². The molecule has 0 saturated carbocycles. The normalized spacial score (nSPS) is 11.5. The first kappa shape index (κ1) is 20.4. The number of halogens is 4. The van der Waals surface area contributed by atoms with Crippen LogP contribution >= 0.6 is 63.7 Å². The Morgan fingerprint density at radius 2 is 1.16 bits per heavy atom. The summed E-state index contributed by atoms with van der Waals surface area (Å²) in [5.41, 5.74) is 2.84. The Hall–Kier alpha value is -0.960. The molecule has 0 radical (unpaired) electrons. The lowest BCUT2D eigenvalue weighted by molar-refractivity contribution is 0.0684. The molecule has 2 rings (SSSR count). The molecule has 0 aliphatic heterocycles. The molecule has 0 heterocycles. The highest BCUT2D eigenvalue weighted by Gasteiger charge is 2.16. The van der Waals surface area contributed by atoms with Gasteiger partial charge in [0.15, 0.2) is 0 Å². The van der Waals surface area contributed by atoms with Crippen molar-refractivity contribution in [2.24, 2.45) is 0 Å². The highest BCUT2D eigenvalue weighted by molar-refractivity contribution is 9.11. The summed E-state index contributed by atoms with van der Waals surface area (Å²) in [7, 11) is 0. The van der Waals surface area contributed by atoms with Gasteiger partial charge in [0, 0.05) is 17.9 Å². The van der Waals surface area contributed by atoms with Crippen LogP contribution in [0.15, 0.2) is 42.2 Å². The minimum absolute atomic E-state index is 0.158. The van der Waals surface area contributed by atoms with Gasteiger partial charge in [-0.05, 0) is 112 Å². The second-order valence-corrected chi connectivity index (χ2v) is 8.53. The number of hydrogen-bond donors (Lipinski definition) is 2. The van der Waals surface area contributed by atoms with Gasteiger partial charge < -0.3 is 10.2 Å². The molecular weight excluding hydrogens is 588 g/mol. The maximum atomic E-state index is 11.2. The molecule has 0 bridgehead atoms. The molecule has 130 valence electrons. The summed E-state index contributed by atoms with van der Waals surface area (Å²) >= 11 is 13.1. The van der Waals surface area contributed by atoms with Gasteiger partial charge in [0.1, 0.15) is 0 Å². The Morgan fingerprint density at radius 1 is 0.800 bits per heavy atom. The summed E-state index contributed by atoms with van der Waals surface area (Å²) in [5.74, 6) is -2.05. The lowest BCUT2D eigenvalue weighted by Crippen LogP contribution is -2.00. The molecule has 0 aromatic heterocycles. The van der Waals surface area contributed by atoms with Crippen LogP contribution in [0.25, 0.3) is 11.6 Å². The van der Waals surface area contributed by atoms with Crippen LogP contribution < -0.4 is 0 Å². The van der Waals surface area contributed by atoms with E-state index in [-0.39, 0.29) is 11.1 Å². The average Bonchev–Trinajstić information content (AvgIpc) is 2.44. The lowest BCUT2D eigenvalue weighted by atomic mass is 10.0. The molecule has 25 heavy (non-hydrogen) atoms. The zero-order valence-corrected chi connectivity index (χ0v) is 19.0. The van der Waals surface area contributed by atoms with Gasteiger partial charge in [0.25, 0.3) is 0 Å². The summed E-state index contributed by atoms with van der Waals surface area (Å²) in [6.45, 7) is 1.89. The van der Waals surface area contributed by atoms with E-state index in [4.69, 9.17) is 0 Å². The Kier molecular flexibility index (Phi) is 6.64. The molecule has 8 heteroatoms. The molecule has 0 amide bonds. The fraction of sp³-hybridized carbons (Fsp3) is 0.0588. The van der Waals surface area contributed by atoms with E-state index in [9.17, 15) is 19.8 Å². The summed E-state index contributed by atoms with van der Waals surface area (Å²) < 4.78 is 1.88. The van der Waals surface area contributed by atoms with Crippen LogP contribution in [0.1, 0.15) is 38.8 Å². The predicted octanol–water partition coefficient (Wildman–Crippen LogP) is 6.69. The molecule has 4 nitrogen and oxygen atoms in total. The second-order valence-electron chi connectivity index (χ2n) is 5.11. The molecule has 2 aromatic carbocycles. The number of carboxylic acids is 2. The van der Waals surface area contributed by atoms with E-state index < -0.39 is 11.9 Å². The van der Waals surface area contributed by atoms with Crippen molar-refractivity contribution in [1.29, 1.82) is 0 Å². The number of carboxylic acid groups (broad SMARTS) is 2. The van der Waals surface area contributed by atoms with Crippen LogP contribution in [0, 0.1) is 0 Å². The molecule has 0 spiro atoms. The number of rotatable bonds is 4. The fourth-order valence-electron chi connectivity index (χ4n) is 2.22. The van der Waals surface area contributed by atoms with Gasteiger partial charge in [-0.1, -0.05) is 6.08 Å². The quantitative estimate of drug-likeness (QED) is 0.385. The minimum atomic E-state index is -1.02. The van der Waals surface area contributed by atoms with Gasteiger partial charge in [0.05, 0.1) is 11.1 Å². The van der Waals surface area contributed by atoms with Crippen LogP contribution in [-0.2, 0) is 0 Å². The molecule has 0 unspecified atom stereocenters. The molecule has 0 atom stereocenters. The highest BCUT2D eigenvalue weighted by Crippen LogP contribution is 2.32. The van der Waals surface area contributed by atoms with Crippen LogP contribution in [0.3, 0.4) is 0 Å². The third-order valence-corrected chi connectivity index (χ3v) is 5.87. The van der Waals surface area contributed by atoms with E-state index in [0.29, 0.717) is 17.9 Å². The lowest BCUT2D eigenvalue weighted by Gasteiger charge is -2.09. The molecule has 0 aliphatic carbocycles. The summed E-state index contributed by atoms with van der Waals surface area (Å²) in [6, 6.07) is 6.90. The number of benzene rings is 2.